The summed E-state index contributed by atoms with van der Waals surface area (Å²) in [6.45, 7) is 1.28. The molecule has 0 saturated carbocycles. The predicted octanol–water partition coefficient (Wildman–Crippen LogP) is 1.75. The van der Waals surface area contributed by atoms with Crippen LogP contribution in [-0.2, 0) is 17.9 Å². The molecular formula is C12H16N2O. The highest BCUT2D eigenvalue weighted by Crippen LogP contribution is 2.17. The lowest BCUT2D eigenvalue weighted by atomic mass is 10.1. The van der Waals surface area contributed by atoms with Crippen LogP contribution in [0.5, 0.6) is 0 Å². The van der Waals surface area contributed by atoms with Gasteiger partial charge in [0.1, 0.15) is 6.73 Å². The zero-order chi connectivity index (χ0) is 10.7. The minimum absolute atomic E-state index is 0.593. The number of benzene rings is 1. The average molecular weight is 204 g/mol. The lowest BCUT2D eigenvalue weighted by Crippen LogP contribution is -2.03. The maximum absolute atomic E-state index is 5.55. The molecule has 0 unspecified atom stereocenters. The molecule has 0 saturated heterocycles. The number of hydrogen-bond donors (Lipinski definition) is 1. The topological polar surface area (TPSA) is 40.2 Å². The molecule has 3 nitrogen and oxygen atoms in total. The molecule has 0 radical (unpaired) electrons. The maximum Gasteiger partial charge on any atom is 0.122 e. The second-order valence-corrected chi connectivity index (χ2v) is 3.64. The summed E-state index contributed by atoms with van der Waals surface area (Å²) in [5.41, 5.74) is 8.03. The Bertz CT molecular complexity index is 448. The monoisotopic (exact) mass is 204 g/mol. The minimum Gasteiger partial charge on any atom is -0.364 e. The standard InChI is InChI=1S/C12H16N2O/c1-15-9-14-7-5-11-3-2-10(4-6-13)8-12(11)14/h2-3,5,7-8H,4,6,9,13H2,1H3. The Kier molecular flexibility index (Phi) is 3.04. The van der Waals surface area contributed by atoms with Gasteiger partial charge < -0.3 is 15.0 Å². The van der Waals surface area contributed by atoms with Gasteiger partial charge in [0, 0.05) is 13.3 Å². The van der Waals surface area contributed by atoms with Crippen LogP contribution in [-0.4, -0.2) is 18.2 Å². The second kappa shape index (κ2) is 4.47. The normalized spacial score (nSPS) is 11.1. The number of aromatic nitrogens is 1. The molecule has 0 spiro atoms. The van der Waals surface area contributed by atoms with E-state index in [0.717, 1.165) is 6.42 Å². The Hall–Kier alpha value is -1.32. The van der Waals surface area contributed by atoms with Crippen molar-refractivity contribution in [1.82, 2.24) is 4.57 Å². The zero-order valence-electron chi connectivity index (χ0n) is 8.94. The largest absolute Gasteiger partial charge is 0.364 e. The van der Waals surface area contributed by atoms with E-state index in [4.69, 9.17) is 10.5 Å². The van der Waals surface area contributed by atoms with Crippen LogP contribution in [0, 0.1) is 0 Å². The van der Waals surface area contributed by atoms with Crippen LogP contribution in [0.3, 0.4) is 0 Å². The summed E-state index contributed by atoms with van der Waals surface area (Å²) >= 11 is 0. The summed E-state index contributed by atoms with van der Waals surface area (Å²) in [4.78, 5) is 0. The van der Waals surface area contributed by atoms with E-state index in [1.165, 1.54) is 16.5 Å². The van der Waals surface area contributed by atoms with Gasteiger partial charge in [-0.2, -0.15) is 0 Å². The Morgan fingerprint density at radius 1 is 1.33 bits per heavy atom. The van der Waals surface area contributed by atoms with Crippen LogP contribution in [0.25, 0.3) is 10.9 Å². The highest BCUT2D eigenvalue weighted by atomic mass is 16.5. The van der Waals surface area contributed by atoms with Crippen molar-refractivity contribution in [2.75, 3.05) is 13.7 Å². The number of fused-ring (bicyclic) bond motifs is 1. The average Bonchev–Trinajstić information content (AvgIpc) is 2.63. The van der Waals surface area contributed by atoms with Crippen molar-refractivity contribution < 1.29 is 4.74 Å². The number of nitrogens with zero attached hydrogens (tertiary/aromatic N) is 1. The predicted molar refractivity (Wildman–Crippen MR) is 61.7 cm³/mol. The van der Waals surface area contributed by atoms with E-state index in [9.17, 15) is 0 Å². The first kappa shape index (κ1) is 10.2. The molecule has 2 aromatic rings. The van der Waals surface area contributed by atoms with Crippen molar-refractivity contribution in [1.29, 1.82) is 0 Å². The van der Waals surface area contributed by atoms with Crippen molar-refractivity contribution in [3.63, 3.8) is 0 Å². The zero-order valence-corrected chi connectivity index (χ0v) is 8.94. The van der Waals surface area contributed by atoms with Gasteiger partial charge in [-0.3, -0.25) is 0 Å². The van der Waals surface area contributed by atoms with Gasteiger partial charge in [-0.1, -0.05) is 12.1 Å². The fraction of sp³-hybridized carbons (Fsp3) is 0.333. The fourth-order valence-electron chi connectivity index (χ4n) is 1.80. The highest BCUT2D eigenvalue weighted by molar-refractivity contribution is 5.80. The van der Waals surface area contributed by atoms with Crippen molar-refractivity contribution in [3.05, 3.63) is 36.0 Å². The molecule has 2 rings (SSSR count). The Labute approximate surface area is 89.4 Å². The van der Waals surface area contributed by atoms with Gasteiger partial charge in [0.15, 0.2) is 0 Å². The van der Waals surface area contributed by atoms with E-state index >= 15 is 0 Å². The number of nitrogens with two attached hydrogens (primary N) is 1. The van der Waals surface area contributed by atoms with Crippen molar-refractivity contribution >= 4 is 10.9 Å². The van der Waals surface area contributed by atoms with E-state index in [2.05, 4.69) is 28.8 Å². The van der Waals surface area contributed by atoms with Crippen LogP contribution < -0.4 is 5.73 Å². The molecule has 0 amide bonds. The molecule has 0 aliphatic carbocycles. The third-order valence-corrected chi connectivity index (χ3v) is 2.54. The van der Waals surface area contributed by atoms with Gasteiger partial charge >= 0.3 is 0 Å². The van der Waals surface area contributed by atoms with E-state index in [1.54, 1.807) is 7.11 Å². The van der Waals surface area contributed by atoms with Gasteiger partial charge in [-0.15, -0.1) is 0 Å². The molecule has 0 fully saturated rings. The van der Waals surface area contributed by atoms with Gasteiger partial charge in [0.2, 0.25) is 0 Å². The van der Waals surface area contributed by atoms with Crippen LogP contribution >= 0.6 is 0 Å². The summed E-state index contributed by atoms with van der Waals surface area (Å²) in [7, 11) is 1.70. The summed E-state index contributed by atoms with van der Waals surface area (Å²) in [5.74, 6) is 0. The molecule has 1 aromatic heterocycles. The molecule has 3 heteroatoms. The summed E-state index contributed by atoms with van der Waals surface area (Å²) in [6, 6.07) is 8.54. The van der Waals surface area contributed by atoms with Crippen LogP contribution in [0.2, 0.25) is 0 Å². The lowest BCUT2D eigenvalue weighted by Gasteiger charge is -2.05. The Morgan fingerprint density at radius 2 is 2.20 bits per heavy atom. The Balaban J connectivity index is 2.42. The quantitative estimate of drug-likeness (QED) is 0.824. The first-order valence-corrected chi connectivity index (χ1v) is 5.12. The first-order chi connectivity index (χ1) is 7.35. The molecule has 2 N–H and O–H groups in total. The van der Waals surface area contributed by atoms with Gasteiger partial charge in [-0.05, 0) is 36.0 Å². The van der Waals surface area contributed by atoms with E-state index in [1.807, 2.05) is 6.20 Å². The van der Waals surface area contributed by atoms with Crippen molar-refractivity contribution in [2.24, 2.45) is 5.73 Å². The molecule has 0 bridgehead atoms. The first-order valence-electron chi connectivity index (χ1n) is 5.12. The molecule has 15 heavy (non-hydrogen) atoms. The maximum atomic E-state index is 5.55. The smallest absolute Gasteiger partial charge is 0.122 e. The molecule has 1 aromatic carbocycles. The highest BCUT2D eigenvalue weighted by Gasteiger charge is 2.01. The molecule has 80 valence electrons. The van der Waals surface area contributed by atoms with Gasteiger partial charge in [0.25, 0.3) is 0 Å². The fourth-order valence-corrected chi connectivity index (χ4v) is 1.80. The molecule has 1 heterocycles. The number of ether oxygens (including phenoxy) is 1. The number of methoxy groups -OCH3 is 1. The molecule has 0 aliphatic heterocycles. The van der Waals surface area contributed by atoms with Crippen LogP contribution in [0.15, 0.2) is 30.5 Å². The molecular weight excluding hydrogens is 188 g/mol. The summed E-state index contributed by atoms with van der Waals surface area (Å²) < 4.78 is 7.23. The SMILES string of the molecule is COCn1ccc2ccc(CCN)cc21. The molecule has 0 aliphatic rings. The van der Waals surface area contributed by atoms with Gasteiger partial charge in [-0.25, -0.2) is 0 Å². The third kappa shape index (κ3) is 2.03. The Morgan fingerprint density at radius 3 is 2.93 bits per heavy atom. The lowest BCUT2D eigenvalue weighted by molar-refractivity contribution is 0.135. The molecule has 0 atom stereocenters. The third-order valence-electron chi connectivity index (χ3n) is 2.54. The second-order valence-electron chi connectivity index (χ2n) is 3.64. The van der Waals surface area contributed by atoms with Gasteiger partial charge in [0.05, 0.1) is 5.52 Å². The van der Waals surface area contributed by atoms with E-state index in [0.29, 0.717) is 13.3 Å². The summed E-state index contributed by atoms with van der Waals surface area (Å²) in [6.07, 6.45) is 2.97. The van der Waals surface area contributed by atoms with E-state index < -0.39 is 0 Å². The van der Waals surface area contributed by atoms with Crippen LogP contribution in [0.1, 0.15) is 5.56 Å². The minimum atomic E-state index is 0.593. The van der Waals surface area contributed by atoms with Crippen molar-refractivity contribution in [2.45, 2.75) is 13.2 Å². The summed E-state index contributed by atoms with van der Waals surface area (Å²) in [5, 5.41) is 1.24. The number of hydrogen-bond acceptors (Lipinski definition) is 2. The van der Waals surface area contributed by atoms with Crippen molar-refractivity contribution in [3.8, 4) is 0 Å². The van der Waals surface area contributed by atoms with E-state index in [-0.39, 0.29) is 0 Å². The van der Waals surface area contributed by atoms with Crippen LogP contribution in [0.4, 0.5) is 0 Å². The number of rotatable bonds is 4.